The Hall–Kier alpha value is -2.05. The Labute approximate surface area is 145 Å². The first kappa shape index (κ1) is 17.3. The molecule has 2 aromatic rings. The molecular formula is C15H17Cl2N5O. The van der Waals surface area contributed by atoms with Crippen molar-refractivity contribution in [2.24, 2.45) is 4.99 Å². The van der Waals surface area contributed by atoms with Gasteiger partial charge in [0, 0.05) is 36.4 Å². The normalized spacial score (nSPS) is 18.6. The van der Waals surface area contributed by atoms with Gasteiger partial charge in [0.25, 0.3) is 5.91 Å². The molecule has 0 atom stereocenters. The van der Waals surface area contributed by atoms with Crippen LogP contribution in [0.15, 0.2) is 35.2 Å². The van der Waals surface area contributed by atoms with Gasteiger partial charge in [0.2, 0.25) is 5.96 Å². The van der Waals surface area contributed by atoms with E-state index in [1.54, 1.807) is 12.3 Å². The molecule has 2 aliphatic heterocycles. The first-order valence-electron chi connectivity index (χ1n) is 7.10. The van der Waals surface area contributed by atoms with Crippen molar-refractivity contribution < 1.29 is 4.79 Å². The first-order chi connectivity index (χ1) is 10.3. The molecular weight excluding hydrogens is 337 g/mol. The molecule has 1 saturated heterocycles. The second kappa shape index (κ2) is 7.02. The summed E-state index contributed by atoms with van der Waals surface area (Å²) in [7, 11) is 0. The maximum Gasteiger partial charge on any atom is 0.276 e. The zero-order valence-electron chi connectivity index (χ0n) is 12.3. The highest BCUT2D eigenvalue weighted by Crippen LogP contribution is 2.21. The lowest BCUT2D eigenvalue weighted by Gasteiger charge is -2.15. The van der Waals surface area contributed by atoms with E-state index in [1.165, 1.54) is 0 Å². The van der Waals surface area contributed by atoms with Gasteiger partial charge >= 0.3 is 0 Å². The summed E-state index contributed by atoms with van der Waals surface area (Å²) in [5.41, 5.74) is 2.18. The van der Waals surface area contributed by atoms with Gasteiger partial charge in [-0.05, 0) is 31.1 Å². The molecule has 4 heterocycles. The number of nitrogens with one attached hydrogen (secondary N) is 2. The zero-order valence-corrected chi connectivity index (χ0v) is 13.9. The molecule has 0 radical (unpaired) electrons. The van der Waals surface area contributed by atoms with E-state index in [0.717, 1.165) is 42.5 Å². The number of hydrogen-bond acceptors (Lipinski definition) is 4. The van der Waals surface area contributed by atoms with E-state index >= 15 is 0 Å². The van der Waals surface area contributed by atoms with Crippen molar-refractivity contribution in [2.45, 2.75) is 12.8 Å². The van der Waals surface area contributed by atoms with Gasteiger partial charge in [0.15, 0.2) is 0 Å². The van der Waals surface area contributed by atoms with Crippen LogP contribution in [0.4, 0.5) is 0 Å². The van der Waals surface area contributed by atoms with Crippen molar-refractivity contribution >= 4 is 53.8 Å². The largest absolute Gasteiger partial charge is 0.346 e. The van der Waals surface area contributed by atoms with Gasteiger partial charge in [-0.25, -0.2) is 9.98 Å². The van der Waals surface area contributed by atoms with E-state index in [4.69, 9.17) is 0 Å². The fraction of sp³-hybridized carbons (Fsp3) is 0.267. The Morgan fingerprint density at radius 1 is 1.22 bits per heavy atom. The number of carbonyl (C=O) groups excluding carboxylic acids is 1. The van der Waals surface area contributed by atoms with Crippen LogP contribution in [0.3, 0.4) is 0 Å². The highest BCUT2D eigenvalue weighted by molar-refractivity contribution is 6.14. The Bertz CT molecular complexity index is 777. The van der Waals surface area contributed by atoms with Gasteiger partial charge in [0.1, 0.15) is 11.3 Å². The predicted octanol–water partition coefficient (Wildman–Crippen LogP) is 2.33. The van der Waals surface area contributed by atoms with Crippen LogP contribution in [0.1, 0.15) is 18.4 Å². The number of guanidine groups is 1. The highest BCUT2D eigenvalue weighted by atomic mass is 35.5. The quantitative estimate of drug-likeness (QED) is 0.772. The monoisotopic (exact) mass is 353 g/mol. The Balaban J connectivity index is 0.000000960. The molecule has 2 aliphatic rings. The molecule has 0 bridgehead atoms. The van der Waals surface area contributed by atoms with Gasteiger partial charge in [-0.15, -0.1) is 24.8 Å². The summed E-state index contributed by atoms with van der Waals surface area (Å²) in [6.45, 7) is 1.92. The lowest BCUT2D eigenvalue weighted by molar-refractivity contribution is -0.115. The van der Waals surface area contributed by atoms with E-state index < -0.39 is 0 Å². The number of hydrogen-bond donors (Lipinski definition) is 2. The van der Waals surface area contributed by atoms with Crippen molar-refractivity contribution in [2.75, 3.05) is 13.1 Å². The van der Waals surface area contributed by atoms with Crippen LogP contribution in [-0.4, -0.2) is 39.8 Å². The number of carbonyl (C=O) groups is 1. The number of pyridine rings is 1. The molecule has 1 amide bonds. The summed E-state index contributed by atoms with van der Waals surface area (Å²) in [5, 5.41) is 3.84. The number of rotatable bonds is 1. The molecule has 1 fully saturated rings. The third-order valence-electron chi connectivity index (χ3n) is 3.87. The second-order valence-electron chi connectivity index (χ2n) is 5.26. The summed E-state index contributed by atoms with van der Waals surface area (Å²) in [6.07, 6.45) is 7.70. The van der Waals surface area contributed by atoms with Gasteiger partial charge in [-0.3, -0.25) is 10.1 Å². The van der Waals surface area contributed by atoms with E-state index in [2.05, 4.69) is 25.2 Å². The SMILES string of the molecule is Cl.Cl.O=C1NC(N2CCCC2)=NC1=Cc1c[nH]c2ncccc12. The van der Waals surface area contributed by atoms with Crippen molar-refractivity contribution in [3.05, 3.63) is 35.8 Å². The summed E-state index contributed by atoms with van der Waals surface area (Å²) in [6, 6.07) is 3.86. The smallest absolute Gasteiger partial charge is 0.276 e. The standard InChI is InChI=1S/C15H15N5O.2ClH/c21-14-12(18-15(19-14)20-6-1-2-7-20)8-10-9-17-13-11(10)4-3-5-16-13;;/h3-5,8-9H,1-2,6-7H2,(H,16,17)(H,18,19,21);2*1H. The molecule has 8 heteroatoms. The number of aliphatic imine (C=N–C) groups is 1. The number of amides is 1. The number of nitrogens with zero attached hydrogens (tertiary/aromatic N) is 3. The van der Waals surface area contributed by atoms with Crippen LogP contribution in [0, 0.1) is 0 Å². The van der Waals surface area contributed by atoms with Gasteiger partial charge < -0.3 is 9.88 Å². The van der Waals surface area contributed by atoms with Gasteiger partial charge in [0.05, 0.1) is 0 Å². The second-order valence-corrected chi connectivity index (χ2v) is 5.26. The molecule has 4 rings (SSSR count). The number of likely N-dealkylation sites (tertiary alicyclic amines) is 1. The summed E-state index contributed by atoms with van der Waals surface area (Å²) < 4.78 is 0. The highest BCUT2D eigenvalue weighted by Gasteiger charge is 2.26. The number of aromatic amines is 1. The topological polar surface area (TPSA) is 73.4 Å². The summed E-state index contributed by atoms with van der Waals surface area (Å²) >= 11 is 0. The summed E-state index contributed by atoms with van der Waals surface area (Å²) in [5.74, 6) is 0.539. The molecule has 0 unspecified atom stereocenters. The average molecular weight is 354 g/mol. The maximum absolute atomic E-state index is 12.1. The minimum atomic E-state index is -0.143. The minimum absolute atomic E-state index is 0. The molecule has 2 aromatic heterocycles. The molecule has 122 valence electrons. The van der Waals surface area contributed by atoms with Crippen LogP contribution in [0.25, 0.3) is 17.1 Å². The van der Waals surface area contributed by atoms with Crippen molar-refractivity contribution in [1.82, 2.24) is 20.2 Å². The molecule has 23 heavy (non-hydrogen) atoms. The Kier molecular flexibility index (Phi) is 5.28. The fourth-order valence-corrected chi connectivity index (χ4v) is 2.78. The van der Waals surface area contributed by atoms with Crippen LogP contribution in [0.2, 0.25) is 0 Å². The van der Waals surface area contributed by atoms with Crippen molar-refractivity contribution in [3.8, 4) is 0 Å². The Morgan fingerprint density at radius 3 is 2.78 bits per heavy atom. The fourth-order valence-electron chi connectivity index (χ4n) is 2.78. The molecule has 2 N–H and O–H groups in total. The van der Waals surface area contributed by atoms with Crippen molar-refractivity contribution in [3.63, 3.8) is 0 Å². The van der Waals surface area contributed by atoms with E-state index in [-0.39, 0.29) is 30.7 Å². The maximum atomic E-state index is 12.1. The van der Waals surface area contributed by atoms with E-state index in [0.29, 0.717) is 11.7 Å². The minimum Gasteiger partial charge on any atom is -0.346 e. The molecule has 0 aliphatic carbocycles. The predicted molar refractivity (Wildman–Crippen MR) is 95.0 cm³/mol. The van der Waals surface area contributed by atoms with Crippen LogP contribution in [-0.2, 0) is 4.79 Å². The van der Waals surface area contributed by atoms with Crippen LogP contribution < -0.4 is 5.32 Å². The molecule has 0 aromatic carbocycles. The third kappa shape index (κ3) is 3.18. The van der Waals surface area contributed by atoms with E-state index in [9.17, 15) is 4.79 Å². The molecule has 6 nitrogen and oxygen atoms in total. The van der Waals surface area contributed by atoms with Gasteiger partial charge in [-0.1, -0.05) is 0 Å². The van der Waals surface area contributed by atoms with Crippen LogP contribution in [0.5, 0.6) is 0 Å². The first-order valence-corrected chi connectivity index (χ1v) is 7.10. The Morgan fingerprint density at radius 2 is 2.00 bits per heavy atom. The third-order valence-corrected chi connectivity index (χ3v) is 3.87. The zero-order chi connectivity index (χ0) is 14.2. The number of aromatic nitrogens is 2. The average Bonchev–Trinajstić information content (AvgIpc) is 3.21. The number of fused-ring (bicyclic) bond motifs is 1. The molecule has 0 spiro atoms. The number of H-pyrrole nitrogens is 1. The lowest BCUT2D eigenvalue weighted by Crippen LogP contribution is -2.38. The lowest BCUT2D eigenvalue weighted by atomic mass is 10.2. The van der Waals surface area contributed by atoms with Crippen LogP contribution >= 0.6 is 24.8 Å². The summed E-state index contributed by atoms with van der Waals surface area (Å²) in [4.78, 5) is 26.0. The number of halogens is 2. The van der Waals surface area contributed by atoms with Gasteiger partial charge in [-0.2, -0.15) is 0 Å². The van der Waals surface area contributed by atoms with Crippen molar-refractivity contribution in [1.29, 1.82) is 0 Å². The molecule has 0 saturated carbocycles. The van der Waals surface area contributed by atoms with E-state index in [1.807, 2.05) is 18.3 Å².